The number of sulfonamides is 1. The molecular formula is C11H12N6O3S. The number of hydrogen-bond acceptors (Lipinski definition) is 6. The molecule has 2 N–H and O–H groups in total. The number of aryl methyl sites for hydroxylation is 1. The molecule has 2 heterocycles. The van der Waals surface area contributed by atoms with Crippen LogP contribution in [0.1, 0.15) is 11.4 Å². The molecule has 1 aliphatic heterocycles. The molecule has 21 heavy (non-hydrogen) atoms. The highest BCUT2D eigenvalue weighted by molar-refractivity contribution is 7.89. The Bertz CT molecular complexity index is 813. The summed E-state index contributed by atoms with van der Waals surface area (Å²) < 4.78 is 28.3. The predicted molar refractivity (Wildman–Crippen MR) is 71.6 cm³/mol. The first-order valence-electron chi connectivity index (χ1n) is 6.09. The second-order valence-corrected chi connectivity index (χ2v) is 6.35. The second-order valence-electron chi connectivity index (χ2n) is 4.59. The van der Waals surface area contributed by atoms with E-state index >= 15 is 0 Å². The van der Waals surface area contributed by atoms with Crippen LogP contribution in [0.3, 0.4) is 0 Å². The molecule has 0 atom stereocenters. The zero-order valence-electron chi connectivity index (χ0n) is 11.1. The zero-order chi connectivity index (χ0) is 15.0. The maximum atomic E-state index is 12.2. The third kappa shape index (κ3) is 2.62. The van der Waals surface area contributed by atoms with Gasteiger partial charge < -0.3 is 5.32 Å². The lowest BCUT2D eigenvalue weighted by molar-refractivity contribution is -0.115. The van der Waals surface area contributed by atoms with E-state index in [0.29, 0.717) is 17.1 Å². The molecular weight excluding hydrogens is 296 g/mol. The number of fused-ring (bicyclic) bond motifs is 1. The van der Waals surface area contributed by atoms with E-state index in [0.717, 1.165) is 0 Å². The Morgan fingerprint density at radius 3 is 2.95 bits per heavy atom. The Morgan fingerprint density at radius 1 is 1.43 bits per heavy atom. The molecule has 0 saturated carbocycles. The van der Waals surface area contributed by atoms with Crippen molar-refractivity contribution < 1.29 is 13.2 Å². The summed E-state index contributed by atoms with van der Waals surface area (Å²) in [5.74, 6) is 0.259. The molecule has 3 rings (SSSR count). The normalized spacial score (nSPS) is 14.0. The first-order chi connectivity index (χ1) is 9.95. The number of anilines is 1. The molecule has 0 radical (unpaired) electrons. The van der Waals surface area contributed by atoms with Crippen molar-refractivity contribution in [2.45, 2.75) is 17.9 Å². The second kappa shape index (κ2) is 4.90. The Hall–Kier alpha value is -2.33. The summed E-state index contributed by atoms with van der Waals surface area (Å²) in [7, 11) is -2.07. The van der Waals surface area contributed by atoms with Crippen molar-refractivity contribution in [3.63, 3.8) is 0 Å². The van der Waals surface area contributed by atoms with Crippen molar-refractivity contribution in [3.05, 3.63) is 29.6 Å². The van der Waals surface area contributed by atoms with Gasteiger partial charge >= 0.3 is 0 Å². The number of rotatable bonds is 4. The van der Waals surface area contributed by atoms with Gasteiger partial charge in [-0.05, 0) is 34.2 Å². The molecule has 0 aliphatic carbocycles. The van der Waals surface area contributed by atoms with Crippen molar-refractivity contribution in [2.75, 3.05) is 5.32 Å². The molecule has 0 saturated heterocycles. The van der Waals surface area contributed by atoms with Gasteiger partial charge in [-0.25, -0.2) is 17.8 Å². The van der Waals surface area contributed by atoms with E-state index in [-0.39, 0.29) is 23.8 Å². The summed E-state index contributed by atoms with van der Waals surface area (Å²) in [6, 6.07) is 4.52. The van der Waals surface area contributed by atoms with E-state index in [4.69, 9.17) is 0 Å². The topological polar surface area (TPSA) is 119 Å². The van der Waals surface area contributed by atoms with E-state index in [1.54, 1.807) is 13.1 Å². The third-order valence-electron chi connectivity index (χ3n) is 3.14. The minimum Gasteiger partial charge on any atom is -0.326 e. The third-order valence-corrected chi connectivity index (χ3v) is 4.54. The minimum atomic E-state index is -3.69. The van der Waals surface area contributed by atoms with Gasteiger partial charge in [0.05, 0.1) is 17.9 Å². The van der Waals surface area contributed by atoms with Crippen LogP contribution in [0.2, 0.25) is 0 Å². The number of nitrogens with zero attached hydrogens (tertiary/aromatic N) is 4. The number of benzene rings is 1. The number of carbonyl (C=O) groups excluding carboxylic acids is 1. The van der Waals surface area contributed by atoms with Gasteiger partial charge in [-0.1, -0.05) is 0 Å². The van der Waals surface area contributed by atoms with E-state index in [1.807, 2.05) is 0 Å². The molecule has 0 bridgehead atoms. The highest BCUT2D eigenvalue weighted by Crippen LogP contribution is 2.25. The van der Waals surface area contributed by atoms with Gasteiger partial charge in [0.1, 0.15) is 0 Å². The average Bonchev–Trinajstić information content (AvgIpc) is 3.00. The van der Waals surface area contributed by atoms with Crippen molar-refractivity contribution >= 4 is 21.6 Å². The maximum absolute atomic E-state index is 12.2. The highest BCUT2D eigenvalue weighted by Gasteiger charge is 2.22. The smallest absolute Gasteiger partial charge is 0.240 e. The summed E-state index contributed by atoms with van der Waals surface area (Å²) >= 11 is 0. The van der Waals surface area contributed by atoms with Crippen molar-refractivity contribution in [1.29, 1.82) is 0 Å². The first kappa shape index (κ1) is 13.6. The van der Waals surface area contributed by atoms with Crippen LogP contribution in [0.4, 0.5) is 5.69 Å². The number of carbonyl (C=O) groups is 1. The lowest BCUT2D eigenvalue weighted by atomic mass is 10.2. The summed E-state index contributed by atoms with van der Waals surface area (Å²) in [4.78, 5) is 11.4. The molecule has 9 nitrogen and oxygen atoms in total. The maximum Gasteiger partial charge on any atom is 0.240 e. The Kier molecular flexibility index (Phi) is 3.18. The van der Waals surface area contributed by atoms with Gasteiger partial charge in [0.25, 0.3) is 0 Å². The van der Waals surface area contributed by atoms with Gasteiger partial charge in [0, 0.05) is 12.7 Å². The molecule has 1 aliphatic rings. The monoisotopic (exact) mass is 308 g/mol. The summed E-state index contributed by atoms with van der Waals surface area (Å²) in [5.41, 5.74) is 1.32. The molecule has 0 fully saturated rings. The van der Waals surface area contributed by atoms with Crippen LogP contribution in [-0.2, 0) is 34.8 Å². The van der Waals surface area contributed by atoms with Crippen molar-refractivity contribution in [3.8, 4) is 0 Å². The number of aromatic nitrogens is 4. The summed E-state index contributed by atoms with van der Waals surface area (Å²) in [6.07, 6.45) is 0.186. The Morgan fingerprint density at radius 2 is 2.24 bits per heavy atom. The lowest BCUT2D eigenvalue weighted by Gasteiger charge is -2.07. The van der Waals surface area contributed by atoms with E-state index in [9.17, 15) is 13.2 Å². The summed E-state index contributed by atoms with van der Waals surface area (Å²) in [5, 5.41) is 13.4. The van der Waals surface area contributed by atoms with Crippen LogP contribution in [0.15, 0.2) is 23.1 Å². The fourth-order valence-electron chi connectivity index (χ4n) is 2.01. The SMILES string of the molecule is Cn1nnnc1CNS(=O)(=O)c1ccc2c(c1)CC(=O)N2. The largest absolute Gasteiger partial charge is 0.326 e. The van der Waals surface area contributed by atoms with Crippen LogP contribution in [-0.4, -0.2) is 34.5 Å². The van der Waals surface area contributed by atoms with Crippen LogP contribution < -0.4 is 10.0 Å². The Balaban J connectivity index is 1.81. The Labute approximate surface area is 120 Å². The van der Waals surface area contributed by atoms with Crippen LogP contribution in [0.5, 0.6) is 0 Å². The van der Waals surface area contributed by atoms with Crippen molar-refractivity contribution in [1.82, 2.24) is 24.9 Å². The molecule has 110 valence electrons. The zero-order valence-corrected chi connectivity index (χ0v) is 11.9. The molecule has 0 spiro atoms. The number of nitrogens with one attached hydrogen (secondary N) is 2. The van der Waals surface area contributed by atoms with Crippen LogP contribution in [0.25, 0.3) is 0 Å². The van der Waals surface area contributed by atoms with Gasteiger partial charge in [-0.15, -0.1) is 5.10 Å². The van der Waals surface area contributed by atoms with Gasteiger partial charge in [0.2, 0.25) is 15.9 Å². The van der Waals surface area contributed by atoms with Gasteiger partial charge in [-0.2, -0.15) is 0 Å². The molecule has 1 amide bonds. The average molecular weight is 308 g/mol. The van der Waals surface area contributed by atoms with Crippen molar-refractivity contribution in [2.24, 2.45) is 7.05 Å². The standard InChI is InChI=1S/C11H12N6O3S/c1-17-10(14-15-16-17)6-12-21(19,20)8-2-3-9-7(4-8)5-11(18)13-9/h2-4,12H,5-6H2,1H3,(H,13,18). The van der Waals surface area contributed by atoms with Gasteiger partial charge in [0.15, 0.2) is 5.82 Å². The number of amides is 1. The van der Waals surface area contributed by atoms with Crippen LogP contribution >= 0.6 is 0 Å². The van der Waals surface area contributed by atoms with E-state index < -0.39 is 10.0 Å². The highest BCUT2D eigenvalue weighted by atomic mass is 32.2. The molecule has 1 aromatic carbocycles. The van der Waals surface area contributed by atoms with Gasteiger partial charge in [-0.3, -0.25) is 4.79 Å². The molecule has 2 aromatic rings. The fourth-order valence-corrected chi connectivity index (χ4v) is 3.04. The molecule has 10 heteroatoms. The van der Waals surface area contributed by atoms with Crippen LogP contribution in [0, 0.1) is 0 Å². The van der Waals surface area contributed by atoms with E-state index in [2.05, 4.69) is 25.6 Å². The van der Waals surface area contributed by atoms with E-state index in [1.165, 1.54) is 16.8 Å². The molecule has 1 aromatic heterocycles. The first-order valence-corrected chi connectivity index (χ1v) is 7.58. The quantitative estimate of drug-likeness (QED) is 0.762. The minimum absolute atomic E-state index is 0.0138. The fraction of sp³-hybridized carbons (Fsp3) is 0.273. The number of tetrazole rings is 1. The summed E-state index contributed by atoms with van der Waals surface area (Å²) in [6.45, 7) is -0.0138. The number of hydrogen-bond donors (Lipinski definition) is 2. The molecule has 0 unspecified atom stereocenters. The lowest BCUT2D eigenvalue weighted by Crippen LogP contribution is -2.25. The predicted octanol–water partition coefficient (Wildman–Crippen LogP) is -0.817.